The molecule has 1 aromatic rings. The Morgan fingerprint density at radius 1 is 1.02 bits per heavy atom. The van der Waals surface area contributed by atoms with Crippen molar-refractivity contribution in [2.75, 3.05) is 37.2 Å². The first kappa shape index (κ1) is 35.2. The molecule has 43 heavy (non-hydrogen) atoms. The number of nitrogens with zero attached hydrogens (tertiary/aromatic N) is 1. The molecular formula is C29H49N5O7PS+. The zero-order valence-corrected chi connectivity index (χ0v) is 27.3. The summed E-state index contributed by atoms with van der Waals surface area (Å²) in [5, 5.41) is 12.2. The van der Waals surface area contributed by atoms with Gasteiger partial charge in [0, 0.05) is 36.1 Å². The molecule has 3 atom stereocenters. The van der Waals surface area contributed by atoms with E-state index < -0.39 is 7.82 Å². The Bertz CT molecular complexity index is 1140. The van der Waals surface area contributed by atoms with Crippen LogP contribution in [0.5, 0.6) is 5.75 Å². The van der Waals surface area contributed by atoms with Gasteiger partial charge in [-0.2, -0.15) is 11.8 Å². The minimum Gasteiger partial charge on any atom is -0.404 e. The number of nitrogens with one attached hydrogen (secondary N) is 4. The number of phosphoric acid groups is 1. The quantitative estimate of drug-likeness (QED) is 0.0573. The number of carbonyl (C=O) groups excluding carboxylic acids is 3. The smallest absolute Gasteiger partial charge is 0.404 e. The SMILES string of the molecule is CC[N+](CC)(CC)Cc1cc(NC(=O)CCCCCNC(=O)CCCCC2SCC3NC(=O)NC32)ccc1OP(=O)(O)O. The molecule has 0 radical (unpaired) electrons. The number of hydrogen-bond donors (Lipinski definition) is 6. The Morgan fingerprint density at radius 3 is 2.42 bits per heavy atom. The van der Waals surface area contributed by atoms with Gasteiger partial charge in [0.2, 0.25) is 11.8 Å². The van der Waals surface area contributed by atoms with E-state index in [4.69, 9.17) is 4.52 Å². The van der Waals surface area contributed by atoms with Crippen molar-refractivity contribution in [1.82, 2.24) is 16.0 Å². The van der Waals surface area contributed by atoms with E-state index in [1.54, 1.807) is 12.1 Å². The number of benzene rings is 1. The van der Waals surface area contributed by atoms with Crippen molar-refractivity contribution >= 4 is 43.1 Å². The van der Waals surface area contributed by atoms with Gasteiger partial charge in [0.25, 0.3) is 0 Å². The Kier molecular flexibility index (Phi) is 13.6. The second-order valence-electron chi connectivity index (χ2n) is 11.4. The van der Waals surface area contributed by atoms with Gasteiger partial charge in [0.05, 0.1) is 37.3 Å². The molecule has 1 aromatic carbocycles. The van der Waals surface area contributed by atoms with Gasteiger partial charge < -0.3 is 30.3 Å². The first-order valence-corrected chi connectivity index (χ1v) is 18.0. The van der Waals surface area contributed by atoms with Crippen molar-refractivity contribution in [1.29, 1.82) is 0 Å². The lowest BCUT2D eigenvalue weighted by molar-refractivity contribution is -0.936. The molecule has 2 saturated heterocycles. The molecule has 242 valence electrons. The minimum atomic E-state index is -4.73. The largest absolute Gasteiger partial charge is 0.524 e. The third-order valence-electron chi connectivity index (χ3n) is 8.56. The summed E-state index contributed by atoms with van der Waals surface area (Å²) in [4.78, 5) is 55.0. The van der Waals surface area contributed by atoms with Gasteiger partial charge in [0.15, 0.2) is 0 Å². The third-order valence-corrected chi connectivity index (χ3v) is 10.5. The fourth-order valence-corrected chi connectivity index (χ4v) is 7.74. The molecule has 0 aliphatic carbocycles. The summed E-state index contributed by atoms with van der Waals surface area (Å²) in [7, 11) is -4.73. The maximum absolute atomic E-state index is 12.6. The number of urea groups is 1. The molecule has 0 bridgehead atoms. The van der Waals surface area contributed by atoms with Crippen molar-refractivity contribution in [3.63, 3.8) is 0 Å². The van der Waals surface area contributed by atoms with Crippen LogP contribution in [-0.4, -0.2) is 81.4 Å². The highest BCUT2D eigenvalue weighted by Crippen LogP contribution is 2.40. The van der Waals surface area contributed by atoms with E-state index in [9.17, 15) is 28.7 Å². The van der Waals surface area contributed by atoms with Gasteiger partial charge in [-0.15, -0.1) is 0 Å². The van der Waals surface area contributed by atoms with E-state index in [0.717, 1.165) is 57.5 Å². The fourth-order valence-electron chi connectivity index (χ4n) is 5.77. The van der Waals surface area contributed by atoms with Crippen molar-refractivity contribution in [3.05, 3.63) is 23.8 Å². The number of phosphoric ester groups is 1. The van der Waals surface area contributed by atoms with E-state index in [2.05, 4.69) is 42.0 Å². The van der Waals surface area contributed by atoms with Crippen LogP contribution in [0.1, 0.15) is 77.7 Å². The Labute approximate surface area is 259 Å². The van der Waals surface area contributed by atoms with Gasteiger partial charge in [-0.1, -0.05) is 12.8 Å². The third kappa shape index (κ3) is 11.3. The molecule has 3 rings (SSSR count). The van der Waals surface area contributed by atoms with E-state index >= 15 is 0 Å². The molecule has 12 nitrogen and oxygen atoms in total. The summed E-state index contributed by atoms with van der Waals surface area (Å²) in [5.41, 5.74) is 1.19. The number of hydrogen-bond acceptors (Lipinski definition) is 6. The number of rotatable bonds is 19. The summed E-state index contributed by atoms with van der Waals surface area (Å²) in [6, 6.07) is 5.18. The summed E-state index contributed by atoms with van der Waals surface area (Å²) < 4.78 is 17.2. The van der Waals surface area contributed by atoms with Gasteiger partial charge >= 0.3 is 13.9 Å². The topological polar surface area (TPSA) is 166 Å². The number of amides is 4. The van der Waals surface area contributed by atoms with Gasteiger partial charge in [0.1, 0.15) is 12.3 Å². The average Bonchev–Trinajstić information content (AvgIpc) is 3.51. The lowest BCUT2D eigenvalue weighted by Crippen LogP contribution is -2.46. The molecule has 2 aliphatic rings. The van der Waals surface area contributed by atoms with Crippen LogP contribution in [0.4, 0.5) is 10.5 Å². The molecule has 2 aliphatic heterocycles. The number of fused-ring (bicyclic) bond motifs is 1. The van der Waals surface area contributed by atoms with Crippen molar-refractivity contribution in [2.24, 2.45) is 0 Å². The van der Waals surface area contributed by atoms with E-state index in [1.807, 2.05) is 11.8 Å². The summed E-state index contributed by atoms with van der Waals surface area (Å²) >= 11 is 1.89. The highest BCUT2D eigenvalue weighted by Gasteiger charge is 2.42. The number of quaternary nitrogens is 1. The number of unbranched alkanes of at least 4 members (excludes halogenated alkanes) is 3. The lowest BCUT2D eigenvalue weighted by Gasteiger charge is -2.36. The van der Waals surface area contributed by atoms with E-state index in [1.165, 1.54) is 6.07 Å². The van der Waals surface area contributed by atoms with Crippen LogP contribution in [-0.2, 0) is 20.7 Å². The van der Waals surface area contributed by atoms with Crippen molar-refractivity contribution in [2.45, 2.75) is 96.0 Å². The molecule has 6 N–H and O–H groups in total. The summed E-state index contributed by atoms with van der Waals surface area (Å²) in [6.07, 6.45) is 5.87. The highest BCUT2D eigenvalue weighted by atomic mass is 32.2. The predicted octanol–water partition coefficient (Wildman–Crippen LogP) is 3.88. The fraction of sp³-hybridized carbons (Fsp3) is 0.690. The molecule has 2 fully saturated rings. The molecule has 0 spiro atoms. The molecule has 0 saturated carbocycles. The number of thioether (sulfide) groups is 1. The van der Waals surface area contributed by atoms with Crippen LogP contribution >= 0.6 is 19.6 Å². The lowest BCUT2D eigenvalue weighted by atomic mass is 10.0. The second-order valence-corrected chi connectivity index (χ2v) is 13.9. The maximum Gasteiger partial charge on any atom is 0.524 e. The molecule has 14 heteroatoms. The monoisotopic (exact) mass is 642 g/mol. The number of anilines is 1. The molecule has 2 heterocycles. The van der Waals surface area contributed by atoms with Crippen LogP contribution in [0, 0.1) is 0 Å². The summed E-state index contributed by atoms with van der Waals surface area (Å²) in [6.45, 7) is 9.88. The zero-order valence-electron chi connectivity index (χ0n) is 25.6. The molecule has 0 aromatic heterocycles. The maximum atomic E-state index is 12.6. The normalized spacial score (nSPS) is 19.8. The van der Waals surface area contributed by atoms with Crippen LogP contribution in [0.3, 0.4) is 0 Å². The van der Waals surface area contributed by atoms with Crippen LogP contribution in [0.25, 0.3) is 0 Å². The summed E-state index contributed by atoms with van der Waals surface area (Å²) in [5.74, 6) is 0.970. The van der Waals surface area contributed by atoms with Crippen molar-refractivity contribution < 1.29 is 37.7 Å². The van der Waals surface area contributed by atoms with Crippen LogP contribution in [0.15, 0.2) is 18.2 Å². The first-order valence-electron chi connectivity index (χ1n) is 15.5. The van der Waals surface area contributed by atoms with Crippen LogP contribution in [0.2, 0.25) is 0 Å². The highest BCUT2D eigenvalue weighted by molar-refractivity contribution is 8.00. The molecular weight excluding hydrogens is 593 g/mol. The first-order chi connectivity index (χ1) is 20.5. The van der Waals surface area contributed by atoms with Crippen molar-refractivity contribution in [3.8, 4) is 5.75 Å². The van der Waals surface area contributed by atoms with Crippen LogP contribution < -0.4 is 25.8 Å². The predicted molar refractivity (Wildman–Crippen MR) is 169 cm³/mol. The zero-order chi connectivity index (χ0) is 31.5. The number of carbonyl (C=O) groups is 3. The molecule has 4 amide bonds. The Hall–Kier alpha value is -2.31. The van der Waals surface area contributed by atoms with E-state index in [-0.39, 0.29) is 35.7 Å². The Morgan fingerprint density at radius 2 is 1.72 bits per heavy atom. The Balaban J connectivity index is 1.32. The average molecular weight is 643 g/mol. The van der Waals surface area contributed by atoms with E-state index in [0.29, 0.717) is 53.3 Å². The minimum absolute atomic E-state index is 0.0457. The molecule has 3 unspecified atom stereocenters. The second kappa shape index (κ2) is 16.7. The standard InChI is InChI=1S/C29H48N5O7PS/c1-4-34(5-2,6-3)19-21-18-22(15-16-24(21)41-42(38,39)40)31-27(36)14-8-7-11-17-30-26(35)13-10-9-12-25-28-23(20-43-25)32-29(37)33-28/h15-16,18,23,25,28H,4-14,17,19-20H2,1-3H3,(H5-,30,31,32,33,35,36,37,38,39,40)/p+1. The van der Waals surface area contributed by atoms with Gasteiger partial charge in [-0.25, -0.2) is 9.36 Å². The van der Waals surface area contributed by atoms with Gasteiger partial charge in [-0.05, 0) is 64.7 Å². The van der Waals surface area contributed by atoms with Gasteiger partial charge in [-0.3, -0.25) is 19.4 Å².